The molecule has 2 amide bonds. The molecule has 0 aliphatic carbocycles. The van der Waals surface area contributed by atoms with Crippen molar-refractivity contribution in [2.24, 2.45) is 10.8 Å². The first-order valence-electron chi connectivity index (χ1n) is 9.32. The van der Waals surface area contributed by atoms with Gasteiger partial charge in [-0.2, -0.15) is 17.0 Å². The van der Waals surface area contributed by atoms with E-state index in [2.05, 4.69) is 0 Å². The third-order valence-electron chi connectivity index (χ3n) is 6.77. The standard InChI is InChI=1S/C17H30N4O4S/c1-5-19-9-8-17(15(19)23)13-20(14(2)22)12-16(17)6-10-21(11-7-16)26(24,25)18(3)4/h5-13H2,1-4H3. The molecular formula is C17H30N4O4S. The molecule has 3 fully saturated rings. The molecule has 0 saturated carbocycles. The van der Waals surface area contributed by atoms with Gasteiger partial charge < -0.3 is 9.80 Å². The van der Waals surface area contributed by atoms with Crippen LogP contribution in [0.1, 0.15) is 33.1 Å². The molecule has 1 unspecified atom stereocenters. The topological polar surface area (TPSA) is 81.2 Å². The van der Waals surface area contributed by atoms with Gasteiger partial charge in [0.05, 0.1) is 5.41 Å². The molecule has 2 spiro atoms. The fourth-order valence-corrected chi connectivity index (χ4v) is 6.18. The zero-order chi connectivity index (χ0) is 19.3. The third kappa shape index (κ3) is 2.66. The largest absolute Gasteiger partial charge is 0.342 e. The van der Waals surface area contributed by atoms with E-state index in [-0.39, 0.29) is 17.2 Å². The van der Waals surface area contributed by atoms with E-state index in [1.54, 1.807) is 11.8 Å². The van der Waals surface area contributed by atoms with Gasteiger partial charge in [0.2, 0.25) is 11.8 Å². The SMILES string of the molecule is CCN1CCC2(CN(C(C)=O)CC23CCN(S(=O)(=O)N(C)C)CC3)C1=O. The van der Waals surface area contributed by atoms with Crippen LogP contribution in [0.25, 0.3) is 0 Å². The number of carbonyl (C=O) groups excluding carboxylic acids is 2. The maximum Gasteiger partial charge on any atom is 0.281 e. The Morgan fingerprint density at radius 3 is 2.19 bits per heavy atom. The monoisotopic (exact) mass is 386 g/mol. The maximum absolute atomic E-state index is 13.2. The molecule has 3 heterocycles. The second kappa shape index (κ2) is 6.45. The Hall–Kier alpha value is -1.19. The highest BCUT2D eigenvalue weighted by atomic mass is 32.2. The summed E-state index contributed by atoms with van der Waals surface area (Å²) in [6.45, 7) is 6.75. The Balaban J connectivity index is 1.90. The third-order valence-corrected chi connectivity index (χ3v) is 8.71. The van der Waals surface area contributed by atoms with E-state index in [1.807, 2.05) is 11.8 Å². The number of hydrogen-bond acceptors (Lipinski definition) is 4. The summed E-state index contributed by atoms with van der Waals surface area (Å²) in [5.41, 5.74) is -0.874. The average Bonchev–Trinajstić information content (AvgIpc) is 3.08. The molecule has 9 heteroatoms. The van der Waals surface area contributed by atoms with Gasteiger partial charge in [-0.25, -0.2) is 0 Å². The molecule has 0 aromatic carbocycles. The highest BCUT2D eigenvalue weighted by Gasteiger charge is 2.65. The van der Waals surface area contributed by atoms with Crippen molar-refractivity contribution in [3.8, 4) is 0 Å². The molecular weight excluding hydrogens is 356 g/mol. The fourth-order valence-electron chi connectivity index (χ4n) is 5.08. The van der Waals surface area contributed by atoms with E-state index in [0.717, 1.165) is 13.0 Å². The lowest BCUT2D eigenvalue weighted by molar-refractivity contribution is -0.141. The van der Waals surface area contributed by atoms with Crippen molar-refractivity contribution in [1.29, 1.82) is 0 Å². The second-order valence-corrected chi connectivity index (χ2v) is 10.2. The number of nitrogens with zero attached hydrogens (tertiary/aromatic N) is 4. The van der Waals surface area contributed by atoms with E-state index in [1.165, 1.54) is 22.7 Å². The molecule has 3 saturated heterocycles. The minimum atomic E-state index is -3.45. The van der Waals surface area contributed by atoms with E-state index in [4.69, 9.17) is 0 Å². The van der Waals surface area contributed by atoms with Crippen LogP contribution >= 0.6 is 0 Å². The van der Waals surface area contributed by atoms with Crippen LogP contribution in [0.15, 0.2) is 0 Å². The van der Waals surface area contributed by atoms with Gasteiger partial charge in [0.25, 0.3) is 10.2 Å². The molecule has 1 atom stereocenters. The summed E-state index contributed by atoms with van der Waals surface area (Å²) in [7, 11) is -0.378. The number of likely N-dealkylation sites (tertiary alicyclic amines) is 2. The molecule has 3 aliphatic rings. The number of fused-ring (bicyclic) bond motifs is 1. The first kappa shape index (κ1) is 19.6. The van der Waals surface area contributed by atoms with Gasteiger partial charge >= 0.3 is 0 Å². The zero-order valence-corrected chi connectivity index (χ0v) is 17.0. The van der Waals surface area contributed by atoms with Crippen molar-refractivity contribution in [2.75, 3.05) is 53.4 Å². The van der Waals surface area contributed by atoms with Crippen LogP contribution in [-0.2, 0) is 19.8 Å². The second-order valence-electron chi connectivity index (χ2n) is 8.06. The lowest BCUT2D eigenvalue weighted by atomic mass is 9.60. The minimum Gasteiger partial charge on any atom is -0.342 e. The van der Waals surface area contributed by atoms with Crippen molar-refractivity contribution >= 4 is 22.0 Å². The Labute approximate surface area is 156 Å². The molecule has 8 nitrogen and oxygen atoms in total. The van der Waals surface area contributed by atoms with Gasteiger partial charge in [0.1, 0.15) is 0 Å². The average molecular weight is 387 g/mol. The predicted octanol–water partition coefficient (Wildman–Crippen LogP) is -0.0243. The van der Waals surface area contributed by atoms with E-state index in [9.17, 15) is 18.0 Å². The molecule has 0 N–H and O–H groups in total. The smallest absolute Gasteiger partial charge is 0.281 e. The van der Waals surface area contributed by atoms with Crippen molar-refractivity contribution in [3.63, 3.8) is 0 Å². The Kier molecular flexibility index (Phi) is 4.86. The van der Waals surface area contributed by atoms with Gasteiger partial charge in [-0.15, -0.1) is 0 Å². The quantitative estimate of drug-likeness (QED) is 0.682. The summed E-state index contributed by atoms with van der Waals surface area (Å²) >= 11 is 0. The molecule has 0 bridgehead atoms. The van der Waals surface area contributed by atoms with Crippen molar-refractivity contribution < 1.29 is 18.0 Å². The Bertz CT molecular complexity index is 700. The molecule has 3 aliphatic heterocycles. The molecule has 0 radical (unpaired) electrons. The molecule has 148 valence electrons. The summed E-state index contributed by atoms with van der Waals surface area (Å²) in [5.74, 6) is 0.139. The Morgan fingerprint density at radius 2 is 1.73 bits per heavy atom. The van der Waals surface area contributed by atoms with Gasteiger partial charge in [-0.3, -0.25) is 9.59 Å². The van der Waals surface area contributed by atoms with Crippen LogP contribution in [0, 0.1) is 10.8 Å². The zero-order valence-electron chi connectivity index (χ0n) is 16.2. The van der Waals surface area contributed by atoms with Crippen LogP contribution < -0.4 is 0 Å². The summed E-state index contributed by atoms with van der Waals surface area (Å²) in [4.78, 5) is 29.0. The van der Waals surface area contributed by atoms with Crippen molar-refractivity contribution in [3.05, 3.63) is 0 Å². The molecule has 0 aromatic rings. The molecule has 26 heavy (non-hydrogen) atoms. The van der Waals surface area contributed by atoms with Crippen molar-refractivity contribution in [2.45, 2.75) is 33.1 Å². The summed E-state index contributed by atoms with van der Waals surface area (Å²) in [6, 6.07) is 0. The number of rotatable bonds is 3. The van der Waals surface area contributed by atoms with Gasteiger partial charge in [-0.1, -0.05) is 0 Å². The highest BCUT2D eigenvalue weighted by Crippen LogP contribution is 2.58. The minimum absolute atomic E-state index is 0.00709. The number of amides is 2. The lowest BCUT2D eigenvalue weighted by Gasteiger charge is -2.46. The van der Waals surface area contributed by atoms with Crippen LogP contribution in [0.4, 0.5) is 0 Å². The normalized spacial score (nSPS) is 29.5. The summed E-state index contributed by atoms with van der Waals surface area (Å²) < 4.78 is 27.6. The van der Waals surface area contributed by atoms with Gasteiger partial charge in [-0.05, 0) is 26.2 Å². The lowest BCUT2D eigenvalue weighted by Crippen LogP contribution is -2.54. The highest BCUT2D eigenvalue weighted by molar-refractivity contribution is 7.86. The molecule has 3 rings (SSSR count). The van der Waals surface area contributed by atoms with Crippen molar-refractivity contribution in [1.82, 2.24) is 18.4 Å². The number of hydrogen-bond donors (Lipinski definition) is 0. The summed E-state index contributed by atoms with van der Waals surface area (Å²) in [6.07, 6.45) is 1.99. The first-order valence-corrected chi connectivity index (χ1v) is 10.7. The maximum atomic E-state index is 13.2. The van der Waals surface area contributed by atoms with Crippen LogP contribution in [-0.4, -0.2) is 92.0 Å². The van der Waals surface area contributed by atoms with E-state index >= 15 is 0 Å². The van der Waals surface area contributed by atoms with E-state index in [0.29, 0.717) is 45.6 Å². The fraction of sp³-hybridized carbons (Fsp3) is 0.882. The predicted molar refractivity (Wildman–Crippen MR) is 97.4 cm³/mol. The first-order chi connectivity index (χ1) is 12.1. The summed E-state index contributed by atoms with van der Waals surface area (Å²) in [5, 5.41) is 0. The van der Waals surface area contributed by atoms with Crippen LogP contribution in [0.5, 0.6) is 0 Å². The van der Waals surface area contributed by atoms with Crippen LogP contribution in [0.3, 0.4) is 0 Å². The van der Waals surface area contributed by atoms with Crippen LogP contribution in [0.2, 0.25) is 0 Å². The number of piperidine rings is 1. The number of carbonyl (C=O) groups is 2. The Morgan fingerprint density at radius 1 is 1.12 bits per heavy atom. The van der Waals surface area contributed by atoms with Gasteiger partial charge in [0.15, 0.2) is 0 Å². The van der Waals surface area contributed by atoms with Gasteiger partial charge in [0, 0.05) is 65.7 Å². The van der Waals surface area contributed by atoms with E-state index < -0.39 is 15.6 Å². The molecule has 0 aromatic heterocycles.